The first kappa shape index (κ1) is 5.61. The van der Waals surface area contributed by atoms with Gasteiger partial charge in [-0.25, -0.2) is 0 Å². The van der Waals surface area contributed by atoms with E-state index < -0.39 is 11.1 Å². The fraction of sp³-hybridized carbons (Fsp3) is 0. The van der Waals surface area contributed by atoms with Crippen LogP contribution in [0.1, 0.15) is 0 Å². The summed E-state index contributed by atoms with van der Waals surface area (Å²) in [6.07, 6.45) is 2.22. The number of nitrogens with zero attached hydrogens (tertiary/aromatic N) is 1. The van der Waals surface area contributed by atoms with Gasteiger partial charge in [-0.2, -0.15) is 0 Å². The first-order valence-corrected chi connectivity index (χ1v) is 2.21. The van der Waals surface area contributed by atoms with E-state index in [9.17, 15) is 9.59 Å². The lowest BCUT2D eigenvalue weighted by Crippen LogP contribution is -2.34. The smallest absolute Gasteiger partial charge is 0.348 e. The molecule has 0 unspecified atom stereocenters. The summed E-state index contributed by atoms with van der Waals surface area (Å²) < 4.78 is 0.221. The van der Waals surface area contributed by atoms with Gasteiger partial charge in [-0.15, -0.1) is 4.73 Å². The van der Waals surface area contributed by atoms with E-state index in [0.29, 0.717) is 0 Å². The highest BCUT2D eigenvalue weighted by atomic mass is 16.5. The molecule has 9 heavy (non-hydrogen) atoms. The number of nitrogens with one attached hydrogen (secondary N) is 1. The number of hydrogen-bond acceptors (Lipinski definition) is 3. The van der Waals surface area contributed by atoms with Crippen molar-refractivity contribution in [2.75, 3.05) is 0 Å². The Morgan fingerprint density at radius 2 is 2.22 bits per heavy atom. The molecule has 0 aliphatic heterocycles. The molecule has 2 N–H and O–H groups in total. The van der Waals surface area contributed by atoms with Gasteiger partial charge < -0.3 is 10.2 Å². The molecule has 0 aliphatic carbocycles. The van der Waals surface area contributed by atoms with E-state index in [2.05, 4.69) is 4.98 Å². The zero-order chi connectivity index (χ0) is 6.85. The Labute approximate surface area is 49.2 Å². The molecular formula is C4H4N2O3. The Bertz CT molecular complexity index is 310. The van der Waals surface area contributed by atoms with Gasteiger partial charge in [0.2, 0.25) is 0 Å². The molecule has 1 aromatic rings. The maximum Gasteiger partial charge on any atom is 0.348 e. The van der Waals surface area contributed by atoms with Crippen LogP contribution in [0.15, 0.2) is 22.0 Å². The van der Waals surface area contributed by atoms with Gasteiger partial charge >= 0.3 is 11.1 Å². The van der Waals surface area contributed by atoms with Crippen molar-refractivity contribution in [1.29, 1.82) is 0 Å². The molecule has 5 nitrogen and oxygen atoms in total. The lowest BCUT2D eigenvalue weighted by Gasteiger charge is -1.88. The lowest BCUT2D eigenvalue weighted by atomic mass is 10.7. The molecule has 0 atom stereocenters. The summed E-state index contributed by atoms with van der Waals surface area (Å²) in [5, 5.41) is 8.48. The molecule has 0 amide bonds. The summed E-state index contributed by atoms with van der Waals surface area (Å²) in [7, 11) is 0. The van der Waals surface area contributed by atoms with Crippen molar-refractivity contribution in [2.24, 2.45) is 0 Å². The molecule has 0 radical (unpaired) electrons. The average molecular weight is 128 g/mol. The largest absolute Gasteiger partial charge is 0.425 e. The molecule has 48 valence electrons. The fourth-order valence-electron chi connectivity index (χ4n) is 0.417. The van der Waals surface area contributed by atoms with Gasteiger partial charge in [-0.05, 0) is 0 Å². The summed E-state index contributed by atoms with van der Waals surface area (Å²) in [6, 6.07) is 0. The van der Waals surface area contributed by atoms with Crippen LogP contribution in [0, 0.1) is 0 Å². The number of H-pyrrole nitrogens is 1. The van der Waals surface area contributed by atoms with E-state index in [-0.39, 0.29) is 4.73 Å². The van der Waals surface area contributed by atoms with Crippen LogP contribution in [-0.2, 0) is 0 Å². The molecule has 0 spiro atoms. The molecule has 1 rings (SSSR count). The highest BCUT2D eigenvalue weighted by Crippen LogP contribution is 1.60. The van der Waals surface area contributed by atoms with Crippen molar-refractivity contribution in [2.45, 2.75) is 0 Å². The van der Waals surface area contributed by atoms with Crippen LogP contribution in [0.25, 0.3) is 0 Å². The molecular weight excluding hydrogens is 124 g/mol. The van der Waals surface area contributed by atoms with Crippen LogP contribution in [0.3, 0.4) is 0 Å². The highest BCUT2D eigenvalue weighted by molar-refractivity contribution is 4.77. The zero-order valence-corrected chi connectivity index (χ0v) is 4.37. The zero-order valence-electron chi connectivity index (χ0n) is 4.37. The molecule has 0 aliphatic rings. The summed E-state index contributed by atoms with van der Waals surface area (Å²) in [6.45, 7) is 0. The standard InChI is InChI=1S/C4H4N2O3/c7-3-4(8)6(9)2-1-5-3/h1-2,9H,(H,5,7). The van der Waals surface area contributed by atoms with Crippen molar-refractivity contribution >= 4 is 0 Å². The summed E-state index contributed by atoms with van der Waals surface area (Å²) in [4.78, 5) is 22.7. The van der Waals surface area contributed by atoms with Crippen molar-refractivity contribution in [3.63, 3.8) is 0 Å². The first-order valence-electron chi connectivity index (χ1n) is 2.21. The van der Waals surface area contributed by atoms with Gasteiger partial charge in [-0.1, -0.05) is 0 Å². The topological polar surface area (TPSA) is 75.1 Å². The predicted molar refractivity (Wildman–Crippen MR) is 28.5 cm³/mol. The van der Waals surface area contributed by atoms with Crippen LogP contribution in [0.5, 0.6) is 0 Å². The molecule has 0 bridgehead atoms. The quantitative estimate of drug-likeness (QED) is 0.339. The lowest BCUT2D eigenvalue weighted by molar-refractivity contribution is 0.172. The van der Waals surface area contributed by atoms with Gasteiger partial charge in [0, 0.05) is 6.20 Å². The number of rotatable bonds is 0. The number of aromatic nitrogens is 2. The molecule has 5 heteroatoms. The highest BCUT2D eigenvalue weighted by Gasteiger charge is 1.92. The van der Waals surface area contributed by atoms with E-state index in [0.717, 1.165) is 6.20 Å². The van der Waals surface area contributed by atoms with Gasteiger partial charge in [0.1, 0.15) is 0 Å². The van der Waals surface area contributed by atoms with Gasteiger partial charge in [-0.3, -0.25) is 9.59 Å². The summed E-state index contributed by atoms with van der Waals surface area (Å²) >= 11 is 0. The molecule has 0 saturated carbocycles. The minimum Gasteiger partial charge on any atom is -0.425 e. The van der Waals surface area contributed by atoms with E-state index in [1.807, 2.05) is 0 Å². The molecule has 0 saturated heterocycles. The fourth-order valence-corrected chi connectivity index (χ4v) is 0.417. The normalized spacial score (nSPS) is 9.33. The number of aromatic amines is 1. The first-order chi connectivity index (χ1) is 4.22. The van der Waals surface area contributed by atoms with Crippen LogP contribution in [0.4, 0.5) is 0 Å². The predicted octanol–water partition coefficient (Wildman–Crippen LogP) is -1.23. The summed E-state index contributed by atoms with van der Waals surface area (Å²) in [5.41, 5.74) is -1.81. The van der Waals surface area contributed by atoms with Crippen molar-refractivity contribution in [3.8, 4) is 0 Å². The molecule has 1 aromatic heterocycles. The van der Waals surface area contributed by atoms with Gasteiger partial charge in [0.15, 0.2) is 0 Å². The summed E-state index contributed by atoms with van der Waals surface area (Å²) in [5.74, 6) is 0. The van der Waals surface area contributed by atoms with Crippen LogP contribution in [0.2, 0.25) is 0 Å². The minimum atomic E-state index is -0.975. The van der Waals surface area contributed by atoms with E-state index in [1.165, 1.54) is 6.20 Å². The van der Waals surface area contributed by atoms with E-state index in [4.69, 9.17) is 5.21 Å². The van der Waals surface area contributed by atoms with Gasteiger partial charge in [0.25, 0.3) is 0 Å². The van der Waals surface area contributed by atoms with Crippen LogP contribution < -0.4 is 11.1 Å². The maximum absolute atomic E-state index is 10.3. The molecule has 0 aromatic carbocycles. The Kier molecular flexibility index (Phi) is 1.11. The van der Waals surface area contributed by atoms with Crippen molar-refractivity contribution in [3.05, 3.63) is 33.1 Å². The van der Waals surface area contributed by atoms with Gasteiger partial charge in [0.05, 0.1) is 6.20 Å². The third kappa shape index (κ3) is 0.835. The van der Waals surface area contributed by atoms with Crippen molar-refractivity contribution in [1.82, 2.24) is 9.71 Å². The second-order valence-electron chi connectivity index (χ2n) is 1.44. The van der Waals surface area contributed by atoms with E-state index in [1.54, 1.807) is 0 Å². The second-order valence-corrected chi connectivity index (χ2v) is 1.44. The van der Waals surface area contributed by atoms with Crippen LogP contribution >= 0.6 is 0 Å². The van der Waals surface area contributed by atoms with Crippen LogP contribution in [-0.4, -0.2) is 14.9 Å². The third-order valence-corrected chi connectivity index (χ3v) is 0.832. The number of hydrogen-bond donors (Lipinski definition) is 2. The second kappa shape index (κ2) is 1.77. The van der Waals surface area contributed by atoms with Crippen molar-refractivity contribution < 1.29 is 5.21 Å². The Balaban J connectivity index is 3.63. The average Bonchev–Trinajstić information content (AvgIpc) is 1.83. The third-order valence-electron chi connectivity index (χ3n) is 0.832. The Morgan fingerprint density at radius 1 is 1.56 bits per heavy atom. The monoisotopic (exact) mass is 128 g/mol. The molecule has 1 heterocycles. The Morgan fingerprint density at radius 3 is 2.67 bits per heavy atom. The minimum absolute atomic E-state index is 0.221. The molecule has 0 fully saturated rings. The maximum atomic E-state index is 10.3. The van der Waals surface area contributed by atoms with E-state index >= 15 is 0 Å². The Hall–Kier alpha value is -1.52. The SMILES string of the molecule is O=c1[nH]ccn(O)c1=O.